The van der Waals surface area contributed by atoms with Crippen molar-refractivity contribution >= 4 is 56.5 Å². The lowest BCUT2D eigenvalue weighted by atomic mass is 10.1. The van der Waals surface area contributed by atoms with Gasteiger partial charge >= 0.3 is 5.97 Å². The molecular formula is C18H12ClFN2O4S. The quantitative estimate of drug-likeness (QED) is 0.632. The predicted octanol–water partition coefficient (Wildman–Crippen LogP) is 3.59. The van der Waals surface area contributed by atoms with E-state index in [0.717, 1.165) is 11.3 Å². The van der Waals surface area contributed by atoms with Crippen molar-refractivity contribution in [1.82, 2.24) is 0 Å². The van der Waals surface area contributed by atoms with Gasteiger partial charge in [-0.2, -0.15) is 0 Å². The maximum Gasteiger partial charge on any atom is 0.350 e. The van der Waals surface area contributed by atoms with E-state index < -0.39 is 30.2 Å². The molecule has 3 rings (SSSR count). The number of primary amides is 1. The Bertz CT molecular complexity index is 1070. The highest BCUT2D eigenvalue weighted by Gasteiger charge is 2.20. The van der Waals surface area contributed by atoms with Gasteiger partial charge in [-0.3, -0.25) is 9.59 Å². The lowest BCUT2D eigenvalue weighted by molar-refractivity contribution is -0.119. The van der Waals surface area contributed by atoms with Gasteiger partial charge in [-0.1, -0.05) is 23.7 Å². The molecule has 0 aliphatic rings. The summed E-state index contributed by atoms with van der Waals surface area (Å²) in [5.74, 6) is -2.61. The summed E-state index contributed by atoms with van der Waals surface area (Å²) in [5, 5.41) is 3.11. The number of nitrogens with one attached hydrogen (secondary N) is 1. The minimum atomic E-state index is -0.806. The molecule has 138 valence electrons. The normalized spacial score (nSPS) is 10.6. The summed E-state index contributed by atoms with van der Waals surface area (Å²) < 4.78 is 18.8. The standard InChI is InChI=1S/C18H12ClFN2O4S/c19-15-11-6-5-9(20)7-13(11)27-16(15)18(25)26-8-14(23)22-12-4-2-1-3-10(12)17(21)24/h1-7H,8H2,(H2,21,24)(H,22,23). The van der Waals surface area contributed by atoms with E-state index in [1.807, 2.05) is 0 Å². The van der Waals surface area contributed by atoms with Crippen molar-refractivity contribution in [2.45, 2.75) is 0 Å². The maximum atomic E-state index is 13.3. The Morgan fingerprint density at radius 3 is 2.67 bits per heavy atom. The van der Waals surface area contributed by atoms with Crippen LogP contribution in [0.1, 0.15) is 20.0 Å². The lowest BCUT2D eigenvalue weighted by Crippen LogP contribution is -2.23. The zero-order chi connectivity index (χ0) is 19.6. The van der Waals surface area contributed by atoms with Gasteiger partial charge in [0, 0.05) is 10.1 Å². The van der Waals surface area contributed by atoms with Crippen molar-refractivity contribution in [1.29, 1.82) is 0 Å². The van der Waals surface area contributed by atoms with Gasteiger partial charge in [0.25, 0.3) is 11.8 Å². The van der Waals surface area contributed by atoms with Crippen LogP contribution in [0, 0.1) is 5.82 Å². The van der Waals surface area contributed by atoms with Gasteiger partial charge in [-0.15, -0.1) is 11.3 Å². The number of hydrogen-bond acceptors (Lipinski definition) is 5. The first-order valence-corrected chi connectivity index (χ1v) is 8.79. The lowest BCUT2D eigenvalue weighted by Gasteiger charge is -2.09. The average Bonchev–Trinajstić information content (AvgIpc) is 2.96. The van der Waals surface area contributed by atoms with E-state index in [0.29, 0.717) is 10.1 Å². The van der Waals surface area contributed by atoms with Crippen LogP contribution in [0.15, 0.2) is 42.5 Å². The van der Waals surface area contributed by atoms with Crippen LogP contribution >= 0.6 is 22.9 Å². The van der Waals surface area contributed by atoms with Crippen molar-refractivity contribution in [3.8, 4) is 0 Å². The molecule has 3 aromatic rings. The molecule has 27 heavy (non-hydrogen) atoms. The summed E-state index contributed by atoms with van der Waals surface area (Å²) in [6.45, 7) is -0.592. The maximum absolute atomic E-state index is 13.3. The molecule has 0 unspecified atom stereocenters. The summed E-state index contributed by atoms with van der Waals surface area (Å²) >= 11 is 7.11. The van der Waals surface area contributed by atoms with E-state index in [9.17, 15) is 18.8 Å². The third kappa shape index (κ3) is 4.07. The van der Waals surface area contributed by atoms with E-state index in [1.165, 1.54) is 30.3 Å². The first-order chi connectivity index (χ1) is 12.9. The van der Waals surface area contributed by atoms with Crippen LogP contribution in [0.4, 0.5) is 10.1 Å². The fourth-order valence-corrected chi connectivity index (χ4v) is 3.79. The number of nitrogens with two attached hydrogens (primary N) is 1. The summed E-state index contributed by atoms with van der Waals surface area (Å²) in [5.41, 5.74) is 5.58. The fraction of sp³-hybridized carbons (Fsp3) is 0.0556. The first kappa shape index (κ1) is 18.8. The number of para-hydroxylation sites is 1. The Morgan fingerprint density at radius 2 is 1.93 bits per heavy atom. The second kappa shape index (κ2) is 7.73. The van der Waals surface area contributed by atoms with E-state index in [4.69, 9.17) is 22.1 Å². The SMILES string of the molecule is NC(=O)c1ccccc1NC(=O)COC(=O)c1sc2cc(F)ccc2c1Cl. The number of fused-ring (bicyclic) bond motifs is 1. The Hall–Kier alpha value is -2.97. The molecule has 0 spiro atoms. The number of thiophene rings is 1. The molecule has 2 amide bonds. The zero-order valence-corrected chi connectivity index (χ0v) is 15.2. The average molecular weight is 407 g/mol. The third-order valence-corrected chi connectivity index (χ3v) is 5.22. The second-order valence-electron chi connectivity index (χ2n) is 5.42. The molecule has 2 aromatic carbocycles. The van der Waals surface area contributed by atoms with Crippen molar-refractivity contribution in [3.05, 3.63) is 63.7 Å². The number of esters is 1. The summed E-state index contributed by atoms with van der Waals surface area (Å²) in [6, 6.07) is 10.1. The van der Waals surface area contributed by atoms with Crippen LogP contribution in [0.25, 0.3) is 10.1 Å². The molecule has 0 bridgehead atoms. The van der Waals surface area contributed by atoms with Gasteiger partial charge in [0.15, 0.2) is 6.61 Å². The number of carbonyl (C=O) groups is 3. The van der Waals surface area contributed by atoms with Gasteiger partial charge in [0.2, 0.25) is 0 Å². The van der Waals surface area contributed by atoms with E-state index in [1.54, 1.807) is 12.1 Å². The molecule has 3 N–H and O–H groups in total. The molecule has 0 aliphatic carbocycles. The molecular weight excluding hydrogens is 395 g/mol. The molecule has 0 aliphatic heterocycles. The molecule has 1 heterocycles. The highest BCUT2D eigenvalue weighted by molar-refractivity contribution is 7.21. The van der Waals surface area contributed by atoms with Gasteiger partial charge in [-0.25, -0.2) is 9.18 Å². The number of amides is 2. The Labute approximate surface area is 161 Å². The number of anilines is 1. The van der Waals surface area contributed by atoms with Crippen LogP contribution in [0.3, 0.4) is 0 Å². The second-order valence-corrected chi connectivity index (χ2v) is 6.85. The Balaban J connectivity index is 1.68. The van der Waals surface area contributed by atoms with Crippen LogP contribution < -0.4 is 11.1 Å². The van der Waals surface area contributed by atoms with Crippen molar-refractivity contribution in [2.24, 2.45) is 5.73 Å². The molecule has 0 fully saturated rings. The summed E-state index contributed by atoms with van der Waals surface area (Å²) in [6.07, 6.45) is 0. The Kier molecular flexibility index (Phi) is 5.38. The minimum absolute atomic E-state index is 0.0719. The molecule has 0 atom stereocenters. The van der Waals surface area contributed by atoms with Crippen molar-refractivity contribution < 1.29 is 23.5 Å². The Morgan fingerprint density at radius 1 is 1.19 bits per heavy atom. The third-order valence-electron chi connectivity index (χ3n) is 3.58. The summed E-state index contributed by atoms with van der Waals surface area (Å²) in [4.78, 5) is 35.6. The number of hydrogen-bond donors (Lipinski definition) is 2. The van der Waals surface area contributed by atoms with Crippen LogP contribution in [0.2, 0.25) is 5.02 Å². The van der Waals surface area contributed by atoms with Gasteiger partial charge < -0.3 is 15.8 Å². The predicted molar refractivity (Wildman–Crippen MR) is 101 cm³/mol. The van der Waals surface area contributed by atoms with Crippen LogP contribution in [0.5, 0.6) is 0 Å². The number of ether oxygens (including phenoxy) is 1. The topological polar surface area (TPSA) is 98.5 Å². The van der Waals surface area contributed by atoms with Gasteiger partial charge in [0.05, 0.1) is 16.3 Å². The van der Waals surface area contributed by atoms with Crippen LogP contribution in [-0.2, 0) is 9.53 Å². The van der Waals surface area contributed by atoms with E-state index >= 15 is 0 Å². The number of rotatable bonds is 5. The largest absolute Gasteiger partial charge is 0.451 e. The number of carbonyl (C=O) groups excluding carboxylic acids is 3. The van der Waals surface area contributed by atoms with E-state index in [2.05, 4.69) is 5.32 Å². The van der Waals surface area contributed by atoms with E-state index in [-0.39, 0.29) is 21.2 Å². The van der Waals surface area contributed by atoms with Crippen molar-refractivity contribution in [2.75, 3.05) is 11.9 Å². The molecule has 0 radical (unpaired) electrons. The minimum Gasteiger partial charge on any atom is -0.451 e. The van der Waals surface area contributed by atoms with Gasteiger partial charge in [-0.05, 0) is 30.3 Å². The first-order valence-electron chi connectivity index (χ1n) is 7.60. The highest BCUT2D eigenvalue weighted by atomic mass is 35.5. The van der Waals surface area contributed by atoms with Crippen molar-refractivity contribution in [3.63, 3.8) is 0 Å². The monoisotopic (exact) mass is 406 g/mol. The summed E-state index contributed by atoms with van der Waals surface area (Å²) in [7, 11) is 0. The molecule has 1 aromatic heterocycles. The number of halogens is 2. The van der Waals surface area contributed by atoms with Crippen LogP contribution in [-0.4, -0.2) is 24.4 Å². The highest BCUT2D eigenvalue weighted by Crippen LogP contribution is 2.36. The molecule has 0 saturated carbocycles. The zero-order valence-electron chi connectivity index (χ0n) is 13.6. The van der Waals surface area contributed by atoms with Gasteiger partial charge in [0.1, 0.15) is 10.7 Å². The fourth-order valence-electron chi connectivity index (χ4n) is 2.36. The number of benzene rings is 2. The smallest absolute Gasteiger partial charge is 0.350 e. The molecule has 0 saturated heterocycles. The molecule has 6 nitrogen and oxygen atoms in total. The molecule has 9 heteroatoms.